The van der Waals surface area contributed by atoms with Crippen LogP contribution in [0.1, 0.15) is 13.3 Å². The summed E-state index contributed by atoms with van der Waals surface area (Å²) >= 11 is 0. The van der Waals surface area contributed by atoms with E-state index in [2.05, 4.69) is 16.4 Å². The third-order valence-electron chi connectivity index (χ3n) is 0.606. The van der Waals surface area contributed by atoms with Gasteiger partial charge in [-0.2, -0.15) is 0 Å². The summed E-state index contributed by atoms with van der Waals surface area (Å²) in [6.45, 7) is 6.62. The molecule has 0 aliphatic heterocycles. The van der Waals surface area contributed by atoms with E-state index >= 15 is 0 Å². The van der Waals surface area contributed by atoms with Crippen LogP contribution in [0.4, 0.5) is 0 Å². The number of hydrogen-bond donors (Lipinski definition) is 0. The van der Waals surface area contributed by atoms with E-state index in [-0.39, 0.29) is 0 Å². The van der Waals surface area contributed by atoms with Crippen molar-refractivity contribution in [1.82, 2.24) is 0 Å². The predicted octanol–water partition coefficient (Wildman–Crippen LogP) is 1.53. The lowest BCUT2D eigenvalue weighted by atomic mass is 10.5. The normalized spacial score (nSPS) is 9.12. The Balaban J connectivity index is 2.62. The van der Waals surface area contributed by atoms with Crippen LogP contribution in [-0.2, 0) is 9.78 Å². The average Bonchev–Trinajstić information content (AvgIpc) is 1.81. The molecule has 0 radical (unpaired) electrons. The first-order valence-corrected chi connectivity index (χ1v) is 2.77. The highest BCUT2D eigenvalue weighted by molar-refractivity contribution is 4.63. The van der Waals surface area contributed by atoms with Crippen molar-refractivity contribution in [3.63, 3.8) is 0 Å². The second-order valence-corrected chi connectivity index (χ2v) is 1.31. The Morgan fingerprint density at radius 3 is 2.75 bits per heavy atom. The average molecular weight is 116 g/mol. The smallest absolute Gasteiger partial charge is 0.0856 e. The van der Waals surface area contributed by atoms with Crippen LogP contribution in [0.3, 0.4) is 0 Å². The first-order valence-electron chi connectivity index (χ1n) is 2.77. The molecule has 0 aromatic heterocycles. The summed E-state index contributed by atoms with van der Waals surface area (Å²) in [5.74, 6) is 0. The maximum Gasteiger partial charge on any atom is 0.0856 e. The molecule has 0 saturated heterocycles. The molecular weight excluding hydrogens is 104 g/mol. The molecule has 0 aromatic carbocycles. The van der Waals surface area contributed by atoms with Crippen molar-refractivity contribution >= 4 is 0 Å². The van der Waals surface area contributed by atoms with E-state index in [4.69, 9.17) is 0 Å². The minimum absolute atomic E-state index is 0.608. The summed E-state index contributed by atoms with van der Waals surface area (Å²) in [5.41, 5.74) is 0. The van der Waals surface area contributed by atoms with Crippen molar-refractivity contribution in [3.8, 4) is 0 Å². The Bertz CT molecular complexity index is 52.5. The molecule has 0 fully saturated rings. The van der Waals surface area contributed by atoms with Crippen molar-refractivity contribution in [2.24, 2.45) is 0 Å². The van der Waals surface area contributed by atoms with E-state index in [1.165, 1.54) is 0 Å². The molecule has 0 spiro atoms. The topological polar surface area (TPSA) is 18.5 Å². The maximum absolute atomic E-state index is 4.65. The zero-order chi connectivity index (χ0) is 6.24. The fraction of sp³-hybridized carbons (Fsp3) is 0.667. The standard InChI is InChI=1S/C6H12O2/c1-3-5-6-8-7-4-2/h3H,1,4-6H2,2H3. The first-order chi connectivity index (χ1) is 3.91. The van der Waals surface area contributed by atoms with Gasteiger partial charge in [-0.15, -0.1) is 6.58 Å². The molecule has 0 aliphatic carbocycles. The summed E-state index contributed by atoms with van der Waals surface area (Å²) in [6, 6.07) is 0. The third kappa shape index (κ3) is 5.66. The Labute approximate surface area is 50.0 Å². The van der Waals surface area contributed by atoms with E-state index in [1.54, 1.807) is 6.08 Å². The molecule has 0 N–H and O–H groups in total. The Morgan fingerprint density at radius 2 is 2.25 bits per heavy atom. The fourth-order valence-electron chi connectivity index (χ4n) is 0.274. The molecule has 8 heavy (non-hydrogen) atoms. The van der Waals surface area contributed by atoms with Crippen LogP contribution >= 0.6 is 0 Å². The van der Waals surface area contributed by atoms with Gasteiger partial charge in [-0.25, -0.2) is 9.78 Å². The minimum Gasteiger partial charge on any atom is -0.237 e. The minimum atomic E-state index is 0.608. The van der Waals surface area contributed by atoms with Gasteiger partial charge in [0.1, 0.15) is 0 Å². The van der Waals surface area contributed by atoms with Crippen LogP contribution in [0, 0.1) is 0 Å². The van der Waals surface area contributed by atoms with Gasteiger partial charge >= 0.3 is 0 Å². The molecule has 0 unspecified atom stereocenters. The second kappa shape index (κ2) is 6.66. The van der Waals surface area contributed by atoms with Crippen molar-refractivity contribution < 1.29 is 9.78 Å². The lowest BCUT2D eigenvalue weighted by molar-refractivity contribution is -0.290. The van der Waals surface area contributed by atoms with Gasteiger partial charge in [-0.3, -0.25) is 0 Å². The summed E-state index contributed by atoms with van der Waals surface area (Å²) in [4.78, 5) is 9.24. The highest BCUT2D eigenvalue weighted by Gasteiger charge is 1.79. The molecule has 0 heterocycles. The van der Waals surface area contributed by atoms with E-state index in [0.717, 1.165) is 6.42 Å². The molecule has 0 saturated carbocycles. The van der Waals surface area contributed by atoms with Crippen LogP contribution in [0.5, 0.6) is 0 Å². The highest BCUT2D eigenvalue weighted by Crippen LogP contribution is 1.82. The van der Waals surface area contributed by atoms with Gasteiger partial charge in [0, 0.05) is 0 Å². The van der Waals surface area contributed by atoms with Crippen molar-refractivity contribution in [2.75, 3.05) is 13.2 Å². The molecule has 0 rings (SSSR count). The molecule has 0 aromatic rings. The largest absolute Gasteiger partial charge is 0.237 e. The fourth-order valence-corrected chi connectivity index (χ4v) is 0.274. The lowest BCUT2D eigenvalue weighted by Crippen LogP contribution is -1.93. The van der Waals surface area contributed by atoms with Gasteiger partial charge in [-0.05, 0) is 13.3 Å². The summed E-state index contributed by atoms with van der Waals surface area (Å²) in [6.07, 6.45) is 2.64. The zero-order valence-electron chi connectivity index (χ0n) is 5.22. The first kappa shape index (κ1) is 7.66. The van der Waals surface area contributed by atoms with Gasteiger partial charge in [0.2, 0.25) is 0 Å². The molecule has 2 nitrogen and oxygen atoms in total. The summed E-state index contributed by atoms with van der Waals surface area (Å²) in [7, 11) is 0. The molecular formula is C6H12O2. The Hall–Kier alpha value is -0.340. The molecule has 0 atom stereocenters. The predicted molar refractivity (Wildman–Crippen MR) is 32.4 cm³/mol. The van der Waals surface area contributed by atoms with E-state index in [0.29, 0.717) is 13.2 Å². The highest BCUT2D eigenvalue weighted by atomic mass is 17.2. The van der Waals surface area contributed by atoms with Crippen molar-refractivity contribution in [2.45, 2.75) is 13.3 Å². The van der Waals surface area contributed by atoms with E-state index in [1.807, 2.05) is 6.92 Å². The molecule has 0 amide bonds. The van der Waals surface area contributed by atoms with Crippen LogP contribution in [0.2, 0.25) is 0 Å². The monoisotopic (exact) mass is 116 g/mol. The van der Waals surface area contributed by atoms with E-state index < -0.39 is 0 Å². The summed E-state index contributed by atoms with van der Waals surface area (Å²) < 4.78 is 0. The van der Waals surface area contributed by atoms with Crippen LogP contribution in [0.25, 0.3) is 0 Å². The van der Waals surface area contributed by atoms with Crippen molar-refractivity contribution in [3.05, 3.63) is 12.7 Å². The third-order valence-corrected chi connectivity index (χ3v) is 0.606. The molecule has 2 heteroatoms. The van der Waals surface area contributed by atoms with Gasteiger partial charge in [0.25, 0.3) is 0 Å². The Kier molecular flexibility index (Phi) is 6.38. The second-order valence-electron chi connectivity index (χ2n) is 1.31. The molecule has 48 valence electrons. The van der Waals surface area contributed by atoms with Crippen LogP contribution in [0.15, 0.2) is 12.7 Å². The lowest BCUT2D eigenvalue weighted by Gasteiger charge is -1.96. The number of rotatable bonds is 5. The quantitative estimate of drug-likeness (QED) is 0.235. The van der Waals surface area contributed by atoms with Gasteiger partial charge in [0.05, 0.1) is 13.2 Å². The molecule has 0 aliphatic rings. The zero-order valence-corrected chi connectivity index (χ0v) is 5.22. The van der Waals surface area contributed by atoms with Gasteiger partial charge in [-0.1, -0.05) is 6.08 Å². The van der Waals surface area contributed by atoms with E-state index in [9.17, 15) is 0 Å². The summed E-state index contributed by atoms with van der Waals surface area (Å²) in [5, 5.41) is 0. The van der Waals surface area contributed by atoms with Gasteiger partial charge < -0.3 is 0 Å². The maximum atomic E-state index is 4.65. The van der Waals surface area contributed by atoms with Gasteiger partial charge in [0.15, 0.2) is 0 Å². The van der Waals surface area contributed by atoms with Crippen LogP contribution < -0.4 is 0 Å². The SMILES string of the molecule is C=CCCOOCC. The van der Waals surface area contributed by atoms with Crippen molar-refractivity contribution in [1.29, 1.82) is 0 Å². The number of hydrogen-bond acceptors (Lipinski definition) is 2. The Morgan fingerprint density at radius 1 is 1.50 bits per heavy atom. The van der Waals surface area contributed by atoms with Crippen LogP contribution in [-0.4, -0.2) is 13.2 Å². The molecule has 0 bridgehead atoms.